The maximum Gasteiger partial charge on any atom is 0.308 e. The number of benzene rings is 2. The van der Waals surface area contributed by atoms with E-state index >= 15 is 0 Å². The van der Waals surface area contributed by atoms with E-state index in [-0.39, 0.29) is 29.4 Å². The highest BCUT2D eigenvalue weighted by Gasteiger charge is 2.22. The second-order valence-electron chi connectivity index (χ2n) is 7.05. The van der Waals surface area contributed by atoms with Crippen molar-refractivity contribution in [3.05, 3.63) is 64.1 Å². The molecule has 0 saturated heterocycles. The van der Waals surface area contributed by atoms with Crippen LogP contribution >= 0.6 is 35.0 Å². The average Bonchev–Trinajstić information content (AvgIpc) is 3.21. The monoisotopic (exact) mass is 493 g/mol. The summed E-state index contributed by atoms with van der Waals surface area (Å²) in [7, 11) is 0. The highest BCUT2D eigenvalue weighted by molar-refractivity contribution is 7.99. The number of halogens is 2. The van der Waals surface area contributed by atoms with Crippen molar-refractivity contribution in [3.63, 3.8) is 0 Å². The largest absolute Gasteiger partial charge is 0.463 e. The van der Waals surface area contributed by atoms with Crippen LogP contribution in [-0.4, -0.2) is 33.9 Å². The van der Waals surface area contributed by atoms with E-state index in [1.807, 2.05) is 0 Å². The zero-order valence-electron chi connectivity index (χ0n) is 17.4. The first-order valence-corrected chi connectivity index (χ1v) is 11.5. The summed E-state index contributed by atoms with van der Waals surface area (Å²) in [6.45, 7) is 3.53. The van der Waals surface area contributed by atoms with Crippen LogP contribution in [0.3, 0.4) is 0 Å². The van der Waals surface area contributed by atoms with E-state index in [1.54, 1.807) is 62.4 Å². The summed E-state index contributed by atoms with van der Waals surface area (Å²) in [6.07, 6.45) is -0.299. The third-order valence-electron chi connectivity index (χ3n) is 4.18. The molecular formula is C22H21Cl2N3O4S. The van der Waals surface area contributed by atoms with E-state index < -0.39 is 12.0 Å². The molecule has 0 saturated carbocycles. The van der Waals surface area contributed by atoms with Gasteiger partial charge in [-0.05, 0) is 49.7 Å². The van der Waals surface area contributed by atoms with Gasteiger partial charge in [0.15, 0.2) is 0 Å². The van der Waals surface area contributed by atoms with Crippen LogP contribution in [0.1, 0.15) is 31.9 Å². The molecule has 10 heteroatoms. The maximum absolute atomic E-state index is 12.6. The van der Waals surface area contributed by atoms with E-state index in [1.165, 1.54) is 0 Å². The number of carbonyl (C=O) groups excluding carboxylic acids is 2. The van der Waals surface area contributed by atoms with Crippen molar-refractivity contribution in [1.29, 1.82) is 0 Å². The molecule has 1 atom stereocenters. The minimum atomic E-state index is -0.629. The van der Waals surface area contributed by atoms with Gasteiger partial charge in [-0.1, -0.05) is 53.2 Å². The first-order valence-electron chi connectivity index (χ1n) is 9.77. The molecule has 2 aromatic carbocycles. The van der Waals surface area contributed by atoms with E-state index in [9.17, 15) is 9.59 Å². The van der Waals surface area contributed by atoms with Crippen molar-refractivity contribution in [1.82, 2.24) is 15.5 Å². The lowest BCUT2D eigenvalue weighted by atomic mass is 10.0. The number of ether oxygens (including phenoxy) is 1. The number of esters is 1. The van der Waals surface area contributed by atoms with Gasteiger partial charge in [0, 0.05) is 15.6 Å². The quantitative estimate of drug-likeness (QED) is 0.317. The number of hydrogen-bond donors (Lipinski definition) is 1. The Hall–Kier alpha value is -2.55. The second-order valence-corrected chi connectivity index (χ2v) is 8.82. The van der Waals surface area contributed by atoms with Gasteiger partial charge in [-0.15, -0.1) is 10.2 Å². The lowest BCUT2D eigenvalue weighted by Gasteiger charge is -2.20. The highest BCUT2D eigenvalue weighted by atomic mass is 35.5. The molecular weight excluding hydrogens is 473 g/mol. The lowest BCUT2D eigenvalue weighted by molar-refractivity contribution is -0.148. The molecule has 0 radical (unpaired) electrons. The van der Waals surface area contributed by atoms with Gasteiger partial charge in [0.05, 0.1) is 24.3 Å². The molecule has 1 N–H and O–H groups in total. The molecule has 0 aliphatic carbocycles. The Kier molecular flexibility index (Phi) is 8.55. The summed E-state index contributed by atoms with van der Waals surface area (Å²) in [5.74, 6) is -0.400. The smallest absolute Gasteiger partial charge is 0.308 e. The topological polar surface area (TPSA) is 94.3 Å². The van der Waals surface area contributed by atoms with Gasteiger partial charge in [-0.3, -0.25) is 9.59 Å². The van der Waals surface area contributed by atoms with E-state index in [2.05, 4.69) is 15.5 Å². The van der Waals surface area contributed by atoms with Gasteiger partial charge in [-0.2, -0.15) is 0 Å². The minimum Gasteiger partial charge on any atom is -0.463 e. The van der Waals surface area contributed by atoms with Crippen LogP contribution in [0.2, 0.25) is 10.0 Å². The molecule has 168 valence electrons. The van der Waals surface area contributed by atoms with Crippen molar-refractivity contribution < 1.29 is 18.7 Å². The number of rotatable bonds is 9. The maximum atomic E-state index is 12.6. The third kappa shape index (κ3) is 6.98. The minimum absolute atomic E-state index is 0.0163. The van der Waals surface area contributed by atoms with Gasteiger partial charge in [-0.25, -0.2) is 0 Å². The summed E-state index contributed by atoms with van der Waals surface area (Å²) in [5.41, 5.74) is 1.36. The van der Waals surface area contributed by atoms with Crippen molar-refractivity contribution in [2.24, 2.45) is 0 Å². The van der Waals surface area contributed by atoms with Crippen molar-refractivity contribution in [2.45, 2.75) is 37.6 Å². The molecule has 1 heterocycles. The molecule has 3 rings (SSSR count). The van der Waals surface area contributed by atoms with Crippen LogP contribution < -0.4 is 5.32 Å². The second kappa shape index (κ2) is 11.4. The number of carbonyl (C=O) groups is 2. The molecule has 32 heavy (non-hydrogen) atoms. The Morgan fingerprint density at radius 1 is 1.09 bits per heavy atom. The predicted octanol–water partition coefficient (Wildman–Crippen LogP) is 5.33. The first-order chi connectivity index (χ1) is 15.3. The molecule has 0 spiro atoms. The Balaban J connectivity index is 1.63. The van der Waals surface area contributed by atoms with Gasteiger partial charge in [0.2, 0.25) is 11.8 Å². The summed E-state index contributed by atoms with van der Waals surface area (Å²) >= 11 is 13.3. The molecule has 1 unspecified atom stereocenters. The third-order valence-corrected chi connectivity index (χ3v) is 5.59. The van der Waals surface area contributed by atoms with E-state index in [4.69, 9.17) is 32.4 Å². The van der Waals surface area contributed by atoms with Gasteiger partial charge >= 0.3 is 5.97 Å². The highest BCUT2D eigenvalue weighted by Crippen LogP contribution is 2.27. The van der Waals surface area contributed by atoms with Crippen molar-refractivity contribution >= 4 is 46.8 Å². The van der Waals surface area contributed by atoms with Crippen molar-refractivity contribution in [2.75, 3.05) is 5.75 Å². The number of amides is 1. The normalized spacial score (nSPS) is 11.9. The van der Waals surface area contributed by atoms with Gasteiger partial charge in [0.1, 0.15) is 0 Å². The standard InChI is InChI=1S/C22H21Cl2N3O4S/c1-13(2)30-20(29)11-18(16-5-3-4-6-17(16)24)25-19(28)12-32-22-27-26-21(31-22)14-7-9-15(23)10-8-14/h3-10,13,18H,11-12H2,1-2H3,(H,25,28). The summed E-state index contributed by atoms with van der Waals surface area (Å²) in [6, 6.07) is 13.4. The molecule has 7 nitrogen and oxygen atoms in total. The predicted molar refractivity (Wildman–Crippen MR) is 124 cm³/mol. The summed E-state index contributed by atoms with van der Waals surface area (Å²) < 4.78 is 10.8. The van der Waals surface area contributed by atoms with Crippen LogP contribution in [0.25, 0.3) is 11.5 Å². The fourth-order valence-electron chi connectivity index (χ4n) is 2.81. The first kappa shape index (κ1) is 24.1. The summed E-state index contributed by atoms with van der Waals surface area (Å²) in [4.78, 5) is 24.8. The van der Waals surface area contributed by atoms with E-state index in [0.717, 1.165) is 17.3 Å². The van der Waals surface area contributed by atoms with E-state index in [0.29, 0.717) is 21.5 Å². The number of hydrogen-bond acceptors (Lipinski definition) is 7. The van der Waals surface area contributed by atoms with Crippen LogP contribution in [0.5, 0.6) is 0 Å². The number of thioether (sulfide) groups is 1. The molecule has 0 fully saturated rings. The fourth-order valence-corrected chi connectivity index (χ4v) is 3.78. The molecule has 0 aliphatic heterocycles. The van der Waals surface area contributed by atoms with Crippen LogP contribution in [-0.2, 0) is 14.3 Å². The summed E-state index contributed by atoms with van der Waals surface area (Å²) in [5, 5.41) is 12.1. The Morgan fingerprint density at radius 2 is 1.81 bits per heavy atom. The Morgan fingerprint density at radius 3 is 2.50 bits per heavy atom. The molecule has 0 bridgehead atoms. The molecule has 1 amide bonds. The van der Waals surface area contributed by atoms with Crippen LogP contribution in [0.4, 0.5) is 0 Å². The van der Waals surface area contributed by atoms with Gasteiger partial charge < -0.3 is 14.5 Å². The molecule has 1 aromatic heterocycles. The fraction of sp³-hybridized carbons (Fsp3) is 0.273. The Labute approximate surface area is 199 Å². The zero-order chi connectivity index (χ0) is 23.1. The molecule has 0 aliphatic rings. The number of aromatic nitrogens is 2. The van der Waals surface area contributed by atoms with Gasteiger partial charge in [0.25, 0.3) is 5.22 Å². The SMILES string of the molecule is CC(C)OC(=O)CC(NC(=O)CSc1nnc(-c2ccc(Cl)cc2)o1)c1ccccc1Cl. The number of nitrogens with one attached hydrogen (secondary N) is 1. The number of nitrogens with zero attached hydrogens (tertiary/aromatic N) is 2. The van der Waals surface area contributed by atoms with Crippen LogP contribution in [0.15, 0.2) is 58.2 Å². The average molecular weight is 494 g/mol. The Bertz CT molecular complexity index is 1070. The molecule has 3 aromatic rings. The van der Waals surface area contributed by atoms with Crippen molar-refractivity contribution in [3.8, 4) is 11.5 Å². The lowest BCUT2D eigenvalue weighted by Crippen LogP contribution is -2.32. The van der Waals surface area contributed by atoms with Crippen LogP contribution in [0, 0.1) is 0 Å². The zero-order valence-corrected chi connectivity index (χ0v) is 19.7.